The monoisotopic (exact) mass is 221 g/mol. The Morgan fingerprint density at radius 3 is 2.56 bits per heavy atom. The summed E-state index contributed by atoms with van der Waals surface area (Å²) in [5, 5.41) is 4.98. The summed E-state index contributed by atoms with van der Waals surface area (Å²) >= 11 is 0. The Morgan fingerprint density at radius 2 is 1.94 bits per heavy atom. The van der Waals surface area contributed by atoms with E-state index in [2.05, 4.69) is 10.6 Å². The van der Waals surface area contributed by atoms with Crippen LogP contribution in [0, 0.1) is 6.92 Å². The number of nitrogens with two attached hydrogens (primary N) is 1. The number of aryl methyl sites for hydroxylation is 1. The molecule has 0 aromatic heterocycles. The lowest BCUT2D eigenvalue weighted by atomic mass is 10.1. The van der Waals surface area contributed by atoms with Crippen LogP contribution in [0.3, 0.4) is 0 Å². The summed E-state index contributed by atoms with van der Waals surface area (Å²) in [6.45, 7) is 2.25. The lowest BCUT2D eigenvalue weighted by Crippen LogP contribution is -2.40. The maximum absolute atomic E-state index is 11.2. The highest BCUT2D eigenvalue weighted by Gasteiger charge is 2.02. The van der Waals surface area contributed by atoms with Crippen LogP contribution in [-0.4, -0.2) is 18.5 Å². The summed E-state index contributed by atoms with van der Waals surface area (Å²) in [5.74, 6) is -0.564. The average Bonchev–Trinajstić information content (AvgIpc) is 2.25. The van der Waals surface area contributed by atoms with Crippen molar-refractivity contribution in [2.45, 2.75) is 13.5 Å². The summed E-state index contributed by atoms with van der Waals surface area (Å²) in [4.78, 5) is 21.6. The first kappa shape index (κ1) is 12.0. The van der Waals surface area contributed by atoms with Crippen LogP contribution >= 0.6 is 0 Å². The number of nitrogens with one attached hydrogen (secondary N) is 2. The van der Waals surface area contributed by atoms with Crippen LogP contribution in [0.15, 0.2) is 24.3 Å². The second-order valence-corrected chi connectivity index (χ2v) is 3.43. The third-order valence-corrected chi connectivity index (χ3v) is 2.12. The number of primary amides is 1. The molecule has 1 aromatic carbocycles. The zero-order valence-corrected chi connectivity index (χ0v) is 9.12. The average molecular weight is 221 g/mol. The van der Waals surface area contributed by atoms with E-state index >= 15 is 0 Å². The van der Waals surface area contributed by atoms with E-state index in [1.54, 1.807) is 0 Å². The molecule has 0 aliphatic carbocycles. The van der Waals surface area contributed by atoms with Crippen molar-refractivity contribution < 1.29 is 9.59 Å². The molecule has 5 nitrogen and oxygen atoms in total. The maximum Gasteiger partial charge on any atom is 0.315 e. The number of urea groups is 1. The van der Waals surface area contributed by atoms with Gasteiger partial charge in [0, 0.05) is 6.54 Å². The number of hydrogen-bond acceptors (Lipinski definition) is 2. The summed E-state index contributed by atoms with van der Waals surface area (Å²) in [6, 6.07) is 7.35. The second-order valence-electron chi connectivity index (χ2n) is 3.43. The normalized spacial score (nSPS) is 9.56. The topological polar surface area (TPSA) is 84.2 Å². The molecule has 0 saturated carbocycles. The van der Waals surface area contributed by atoms with Gasteiger partial charge in [0.15, 0.2) is 0 Å². The van der Waals surface area contributed by atoms with Gasteiger partial charge in [0.05, 0.1) is 6.54 Å². The van der Waals surface area contributed by atoms with Crippen LogP contribution in [0.4, 0.5) is 4.79 Å². The van der Waals surface area contributed by atoms with Crippen molar-refractivity contribution in [3.63, 3.8) is 0 Å². The smallest absolute Gasteiger partial charge is 0.315 e. The van der Waals surface area contributed by atoms with E-state index in [4.69, 9.17) is 5.73 Å². The molecule has 0 aliphatic heterocycles. The Balaban J connectivity index is 2.37. The highest BCUT2D eigenvalue weighted by Crippen LogP contribution is 2.05. The van der Waals surface area contributed by atoms with Gasteiger partial charge in [-0.15, -0.1) is 0 Å². The molecule has 1 rings (SSSR count). The van der Waals surface area contributed by atoms with E-state index in [-0.39, 0.29) is 6.54 Å². The van der Waals surface area contributed by atoms with Gasteiger partial charge >= 0.3 is 6.03 Å². The van der Waals surface area contributed by atoms with E-state index in [1.807, 2.05) is 31.2 Å². The van der Waals surface area contributed by atoms with Crippen LogP contribution in [0.1, 0.15) is 11.1 Å². The van der Waals surface area contributed by atoms with Crippen molar-refractivity contribution in [2.75, 3.05) is 6.54 Å². The highest BCUT2D eigenvalue weighted by molar-refractivity contribution is 5.82. The molecule has 5 heteroatoms. The molecule has 0 radical (unpaired) electrons. The predicted octanol–water partition coefficient (Wildman–Crippen LogP) is 0.280. The molecule has 1 aromatic rings. The minimum Gasteiger partial charge on any atom is -0.368 e. The molecule has 0 fully saturated rings. The van der Waals surface area contributed by atoms with Crippen molar-refractivity contribution in [2.24, 2.45) is 5.73 Å². The van der Waals surface area contributed by atoms with Gasteiger partial charge in [-0.25, -0.2) is 4.79 Å². The molecular weight excluding hydrogens is 206 g/mol. The van der Waals surface area contributed by atoms with Crippen LogP contribution < -0.4 is 16.4 Å². The lowest BCUT2D eigenvalue weighted by molar-refractivity contribution is -0.117. The number of benzene rings is 1. The molecule has 0 bridgehead atoms. The Bertz CT molecular complexity index is 391. The van der Waals surface area contributed by atoms with Crippen LogP contribution in [-0.2, 0) is 11.3 Å². The third kappa shape index (κ3) is 4.00. The van der Waals surface area contributed by atoms with Gasteiger partial charge in [-0.2, -0.15) is 0 Å². The zero-order chi connectivity index (χ0) is 12.0. The van der Waals surface area contributed by atoms with E-state index in [1.165, 1.54) is 0 Å². The third-order valence-electron chi connectivity index (χ3n) is 2.12. The first-order valence-electron chi connectivity index (χ1n) is 4.94. The van der Waals surface area contributed by atoms with Crippen molar-refractivity contribution >= 4 is 11.9 Å². The van der Waals surface area contributed by atoms with Crippen molar-refractivity contribution in [1.82, 2.24) is 10.6 Å². The quantitative estimate of drug-likeness (QED) is 0.682. The Labute approximate surface area is 94.0 Å². The minimum absolute atomic E-state index is 0.153. The molecule has 0 aliphatic rings. The van der Waals surface area contributed by atoms with Crippen molar-refractivity contribution in [3.05, 3.63) is 35.4 Å². The molecule has 4 N–H and O–H groups in total. The number of amides is 3. The highest BCUT2D eigenvalue weighted by atomic mass is 16.2. The van der Waals surface area contributed by atoms with E-state index in [0.717, 1.165) is 11.1 Å². The molecular formula is C11H15N3O2. The van der Waals surface area contributed by atoms with Gasteiger partial charge in [0.1, 0.15) is 0 Å². The number of carbonyl (C=O) groups excluding carboxylic acids is 2. The summed E-state index contributed by atoms with van der Waals surface area (Å²) < 4.78 is 0. The second kappa shape index (κ2) is 5.75. The Hall–Kier alpha value is -2.04. The fraction of sp³-hybridized carbons (Fsp3) is 0.273. The fourth-order valence-corrected chi connectivity index (χ4v) is 1.21. The van der Waals surface area contributed by atoms with Gasteiger partial charge in [0.25, 0.3) is 0 Å². The van der Waals surface area contributed by atoms with Gasteiger partial charge < -0.3 is 16.4 Å². The molecule has 0 heterocycles. The van der Waals surface area contributed by atoms with Crippen LogP contribution in [0.5, 0.6) is 0 Å². The molecule has 0 spiro atoms. The summed E-state index contributed by atoms with van der Waals surface area (Å²) in [5.41, 5.74) is 7.04. The first-order chi connectivity index (χ1) is 7.59. The Morgan fingerprint density at radius 1 is 1.25 bits per heavy atom. The Kier molecular flexibility index (Phi) is 4.32. The molecule has 0 atom stereocenters. The molecule has 16 heavy (non-hydrogen) atoms. The maximum atomic E-state index is 11.2. The van der Waals surface area contributed by atoms with Gasteiger partial charge in [-0.3, -0.25) is 4.79 Å². The summed E-state index contributed by atoms with van der Waals surface area (Å²) in [6.07, 6.45) is 0. The van der Waals surface area contributed by atoms with Gasteiger partial charge in [0.2, 0.25) is 5.91 Å². The van der Waals surface area contributed by atoms with E-state index in [0.29, 0.717) is 6.54 Å². The molecule has 3 amide bonds. The number of rotatable bonds is 4. The predicted molar refractivity (Wildman–Crippen MR) is 60.6 cm³/mol. The zero-order valence-electron chi connectivity index (χ0n) is 9.12. The van der Waals surface area contributed by atoms with E-state index < -0.39 is 11.9 Å². The standard InChI is InChI=1S/C11H15N3O2/c1-8-4-2-3-5-9(8)6-13-11(16)14-7-10(12)15/h2-5H,6-7H2,1H3,(H2,12,15)(H2,13,14,16). The lowest BCUT2D eigenvalue weighted by Gasteiger charge is -2.08. The van der Waals surface area contributed by atoms with Gasteiger partial charge in [-0.1, -0.05) is 24.3 Å². The SMILES string of the molecule is Cc1ccccc1CNC(=O)NCC(N)=O. The minimum atomic E-state index is -0.564. The van der Waals surface area contributed by atoms with Gasteiger partial charge in [-0.05, 0) is 18.1 Å². The van der Waals surface area contributed by atoms with Crippen LogP contribution in [0.2, 0.25) is 0 Å². The number of hydrogen-bond donors (Lipinski definition) is 3. The molecule has 0 saturated heterocycles. The largest absolute Gasteiger partial charge is 0.368 e. The van der Waals surface area contributed by atoms with E-state index in [9.17, 15) is 9.59 Å². The molecule has 86 valence electrons. The van der Waals surface area contributed by atoms with Crippen molar-refractivity contribution in [3.8, 4) is 0 Å². The summed E-state index contributed by atoms with van der Waals surface area (Å²) in [7, 11) is 0. The fourth-order valence-electron chi connectivity index (χ4n) is 1.21. The van der Waals surface area contributed by atoms with Crippen LogP contribution in [0.25, 0.3) is 0 Å². The van der Waals surface area contributed by atoms with Crippen molar-refractivity contribution in [1.29, 1.82) is 0 Å². The first-order valence-corrected chi connectivity index (χ1v) is 4.94. The number of carbonyl (C=O) groups is 2. The molecule has 0 unspecified atom stereocenters.